The number of methoxy groups -OCH3 is 1. The van der Waals surface area contributed by atoms with Gasteiger partial charge >= 0.3 is 0 Å². The molecule has 4 aromatic carbocycles. The topological polar surface area (TPSA) is 97.3 Å². The molecule has 1 aliphatic rings. The molecule has 0 amide bonds. The van der Waals surface area contributed by atoms with E-state index in [9.17, 15) is 4.79 Å². The molecule has 0 saturated heterocycles. The lowest BCUT2D eigenvalue weighted by Gasteiger charge is -2.14. The van der Waals surface area contributed by atoms with Crippen LogP contribution in [0.1, 0.15) is 11.1 Å². The van der Waals surface area contributed by atoms with Gasteiger partial charge in [0.1, 0.15) is 12.2 Å². The summed E-state index contributed by atoms with van der Waals surface area (Å²) in [5.41, 5.74) is 2.20. The van der Waals surface area contributed by atoms with Crippen LogP contribution in [0.2, 0.25) is 5.02 Å². The van der Waals surface area contributed by atoms with Gasteiger partial charge in [0, 0.05) is 20.4 Å². The zero-order valence-electron chi connectivity index (χ0n) is 22.5. The summed E-state index contributed by atoms with van der Waals surface area (Å²) in [6.45, 7) is 0.410. The molecule has 0 fully saturated rings. The van der Waals surface area contributed by atoms with Gasteiger partial charge in [0.2, 0.25) is 12.6 Å². The highest BCUT2D eigenvalue weighted by molar-refractivity contribution is 9.10. The molecule has 0 bridgehead atoms. The van der Waals surface area contributed by atoms with Crippen LogP contribution in [0.3, 0.4) is 0 Å². The molecule has 6 aromatic rings. The van der Waals surface area contributed by atoms with E-state index in [-0.39, 0.29) is 24.8 Å². The second-order valence-electron chi connectivity index (χ2n) is 9.61. The Morgan fingerprint density at radius 1 is 1.05 bits per heavy atom. The molecule has 0 aliphatic carbocycles. The molecule has 0 N–H and O–H groups in total. The number of fused-ring (bicyclic) bond motifs is 3. The van der Waals surface area contributed by atoms with Crippen LogP contribution in [0.25, 0.3) is 33.5 Å². The average molecular weight is 659 g/mol. The van der Waals surface area contributed by atoms with Crippen LogP contribution in [-0.2, 0) is 6.61 Å². The number of ether oxygens (including phenoxy) is 4. The summed E-state index contributed by atoms with van der Waals surface area (Å²) in [5, 5.41) is 6.36. The predicted molar refractivity (Wildman–Crippen MR) is 167 cm³/mol. The highest BCUT2D eigenvalue weighted by atomic mass is 79.9. The van der Waals surface area contributed by atoms with E-state index < -0.39 is 0 Å². The number of para-hydroxylation sites is 1. The van der Waals surface area contributed by atoms with Gasteiger partial charge in [-0.15, -0.1) is 0 Å². The highest BCUT2D eigenvalue weighted by Gasteiger charge is 2.19. The lowest BCUT2D eigenvalue weighted by molar-refractivity contribution is 0.174. The Balaban J connectivity index is 1.32. The molecule has 0 saturated carbocycles. The van der Waals surface area contributed by atoms with Crippen molar-refractivity contribution in [1.82, 2.24) is 9.66 Å². The van der Waals surface area contributed by atoms with Crippen molar-refractivity contribution in [2.75, 3.05) is 13.9 Å². The third-order valence-electron chi connectivity index (χ3n) is 6.85. The van der Waals surface area contributed by atoms with Gasteiger partial charge in [-0.1, -0.05) is 45.7 Å². The summed E-state index contributed by atoms with van der Waals surface area (Å²) in [5.74, 6) is 2.87. The van der Waals surface area contributed by atoms with Crippen LogP contribution in [0.15, 0.2) is 97.6 Å². The number of benzene rings is 4. The number of furan rings is 1. The quantitative estimate of drug-likeness (QED) is 0.165. The molecule has 43 heavy (non-hydrogen) atoms. The van der Waals surface area contributed by atoms with Crippen molar-refractivity contribution in [3.05, 3.63) is 110 Å². The van der Waals surface area contributed by atoms with Crippen LogP contribution < -0.4 is 24.5 Å². The van der Waals surface area contributed by atoms with E-state index in [0.717, 1.165) is 15.4 Å². The normalized spacial score (nSPS) is 12.4. The summed E-state index contributed by atoms with van der Waals surface area (Å²) < 4.78 is 30.8. The van der Waals surface area contributed by atoms with E-state index in [1.165, 1.54) is 10.9 Å². The van der Waals surface area contributed by atoms with Crippen molar-refractivity contribution < 1.29 is 23.4 Å². The highest BCUT2D eigenvalue weighted by Crippen LogP contribution is 2.37. The molecule has 0 unspecified atom stereocenters. The Labute approximate surface area is 258 Å². The Morgan fingerprint density at radius 3 is 2.79 bits per heavy atom. The fourth-order valence-corrected chi connectivity index (χ4v) is 5.45. The molecule has 7 rings (SSSR count). The molecule has 0 radical (unpaired) electrons. The number of hydrogen-bond acceptors (Lipinski definition) is 8. The minimum Gasteiger partial charge on any atom is -0.493 e. The van der Waals surface area contributed by atoms with Gasteiger partial charge in [-0.05, 0) is 66.2 Å². The lowest BCUT2D eigenvalue weighted by Crippen LogP contribution is -2.20. The molecule has 214 valence electrons. The first-order chi connectivity index (χ1) is 21.0. The monoisotopic (exact) mass is 657 g/mol. The number of hydrogen-bond donors (Lipinski definition) is 0. The van der Waals surface area contributed by atoms with Crippen molar-refractivity contribution in [3.63, 3.8) is 0 Å². The van der Waals surface area contributed by atoms with Crippen molar-refractivity contribution in [3.8, 4) is 34.6 Å². The minimum atomic E-state index is -0.361. The average Bonchev–Trinajstić information content (AvgIpc) is 3.66. The van der Waals surface area contributed by atoms with Gasteiger partial charge in [-0.25, -0.2) is 4.98 Å². The van der Waals surface area contributed by atoms with E-state index in [1.54, 1.807) is 55.6 Å². The number of nitrogens with zero attached hydrogens (tertiary/aromatic N) is 3. The first-order valence-electron chi connectivity index (χ1n) is 13.1. The van der Waals surface area contributed by atoms with Crippen LogP contribution in [0, 0.1) is 0 Å². The third-order valence-corrected chi connectivity index (χ3v) is 7.55. The SMILES string of the molecule is COc1cc(Br)cc(C=Nn2c(-c3cc4cc(Cl)ccc4o3)nc3ccccc3c2=O)c1OCc1ccc2c(c1)OCO2. The fourth-order valence-electron chi connectivity index (χ4n) is 4.81. The van der Waals surface area contributed by atoms with Crippen LogP contribution in [0.5, 0.6) is 23.0 Å². The first-order valence-corrected chi connectivity index (χ1v) is 14.3. The molecule has 0 spiro atoms. The standard InChI is InChI=1S/C32H21BrClN3O6/c1-39-28-14-21(33)11-20(30(28)40-16-18-6-8-26-27(10-18)42-17-41-26)15-35-37-31(36-24-5-3-2-4-23(24)32(37)38)29-13-19-12-22(34)7-9-25(19)43-29/h2-15H,16-17H2,1H3. The van der Waals surface area contributed by atoms with E-state index in [4.69, 9.17) is 39.9 Å². The van der Waals surface area contributed by atoms with Gasteiger partial charge < -0.3 is 23.4 Å². The smallest absolute Gasteiger partial charge is 0.282 e. The fraction of sp³-hybridized carbons (Fsp3) is 0.0938. The van der Waals surface area contributed by atoms with Crippen molar-refractivity contribution >= 4 is 55.6 Å². The summed E-state index contributed by atoms with van der Waals surface area (Å²) in [6, 6.07) is 23.4. The van der Waals surface area contributed by atoms with Gasteiger partial charge in [0.05, 0.1) is 24.2 Å². The number of aromatic nitrogens is 2. The van der Waals surface area contributed by atoms with E-state index in [1.807, 2.05) is 30.3 Å². The second-order valence-corrected chi connectivity index (χ2v) is 11.0. The minimum absolute atomic E-state index is 0.188. The summed E-state index contributed by atoms with van der Waals surface area (Å²) in [6.07, 6.45) is 1.53. The zero-order valence-corrected chi connectivity index (χ0v) is 24.9. The maximum Gasteiger partial charge on any atom is 0.282 e. The van der Waals surface area contributed by atoms with Crippen molar-refractivity contribution in [2.45, 2.75) is 6.61 Å². The van der Waals surface area contributed by atoms with Crippen LogP contribution in [0.4, 0.5) is 0 Å². The molecular weight excluding hydrogens is 638 g/mol. The van der Waals surface area contributed by atoms with Gasteiger partial charge in [-0.2, -0.15) is 9.78 Å². The van der Waals surface area contributed by atoms with Crippen LogP contribution >= 0.6 is 27.5 Å². The molecule has 9 nitrogen and oxygen atoms in total. The summed E-state index contributed by atoms with van der Waals surface area (Å²) in [7, 11) is 1.56. The molecule has 1 aliphatic heterocycles. The van der Waals surface area contributed by atoms with E-state index >= 15 is 0 Å². The predicted octanol–water partition coefficient (Wildman–Crippen LogP) is 7.42. The molecule has 11 heteroatoms. The maximum atomic E-state index is 13.8. The third kappa shape index (κ3) is 5.19. The van der Waals surface area contributed by atoms with Gasteiger partial charge in [0.25, 0.3) is 5.56 Å². The van der Waals surface area contributed by atoms with Gasteiger partial charge in [-0.3, -0.25) is 4.79 Å². The second kappa shape index (κ2) is 11.1. The first kappa shape index (κ1) is 27.1. The Kier molecular flexibility index (Phi) is 7.00. The Morgan fingerprint density at radius 2 is 1.91 bits per heavy atom. The van der Waals surface area contributed by atoms with Crippen molar-refractivity contribution in [2.24, 2.45) is 5.10 Å². The summed E-state index contributed by atoms with van der Waals surface area (Å²) >= 11 is 9.73. The van der Waals surface area contributed by atoms with E-state index in [0.29, 0.717) is 55.8 Å². The number of rotatable bonds is 7. The summed E-state index contributed by atoms with van der Waals surface area (Å²) in [4.78, 5) is 18.5. The van der Waals surface area contributed by atoms with Crippen LogP contribution in [-0.4, -0.2) is 29.8 Å². The Bertz CT molecular complexity index is 2120. The maximum absolute atomic E-state index is 13.8. The molecule has 3 heterocycles. The molecule has 2 aromatic heterocycles. The Hall–Kier alpha value is -4.80. The molecule has 0 atom stereocenters. The lowest BCUT2D eigenvalue weighted by atomic mass is 10.2. The van der Waals surface area contributed by atoms with E-state index in [2.05, 4.69) is 21.0 Å². The largest absolute Gasteiger partial charge is 0.493 e. The zero-order chi connectivity index (χ0) is 29.5. The number of halogens is 2. The van der Waals surface area contributed by atoms with Gasteiger partial charge in [0.15, 0.2) is 28.8 Å². The molecular formula is C32H21BrClN3O6. The van der Waals surface area contributed by atoms with Crippen molar-refractivity contribution in [1.29, 1.82) is 0 Å².